The molecule has 104 valence electrons. The number of amides is 1. The number of carbonyl (C=O) groups is 2. The first-order valence-corrected chi connectivity index (χ1v) is 5.95. The molecule has 20 heavy (non-hydrogen) atoms. The zero-order valence-corrected chi connectivity index (χ0v) is 10.7. The van der Waals surface area contributed by atoms with Crippen LogP contribution in [-0.2, 0) is 16.1 Å². The van der Waals surface area contributed by atoms with Gasteiger partial charge < -0.3 is 10.4 Å². The number of para-hydroxylation sites is 1. The van der Waals surface area contributed by atoms with Gasteiger partial charge in [0.2, 0.25) is 5.91 Å². The van der Waals surface area contributed by atoms with Crippen LogP contribution in [0.15, 0.2) is 35.4 Å². The lowest BCUT2D eigenvalue weighted by Gasteiger charge is -2.10. The Kier molecular flexibility index (Phi) is 3.79. The minimum atomic E-state index is -1.14. The van der Waals surface area contributed by atoms with Crippen molar-refractivity contribution in [2.24, 2.45) is 0 Å². The summed E-state index contributed by atoms with van der Waals surface area (Å²) in [6, 6.07) is 5.79. The third-order valence-electron chi connectivity index (χ3n) is 2.79. The van der Waals surface area contributed by atoms with Crippen LogP contribution in [0.1, 0.15) is 6.92 Å². The third-order valence-corrected chi connectivity index (χ3v) is 2.79. The highest BCUT2D eigenvalue weighted by molar-refractivity contribution is 5.83. The first-order valence-electron chi connectivity index (χ1n) is 5.95. The lowest BCUT2D eigenvalue weighted by molar-refractivity contribution is -0.141. The second-order valence-corrected chi connectivity index (χ2v) is 4.32. The van der Waals surface area contributed by atoms with Crippen LogP contribution in [-0.4, -0.2) is 32.6 Å². The Morgan fingerprint density at radius 1 is 1.40 bits per heavy atom. The highest BCUT2D eigenvalue weighted by atomic mass is 16.4. The number of fused-ring (bicyclic) bond motifs is 1. The van der Waals surface area contributed by atoms with Crippen molar-refractivity contribution in [2.75, 3.05) is 0 Å². The van der Waals surface area contributed by atoms with Crippen molar-refractivity contribution >= 4 is 22.8 Å². The van der Waals surface area contributed by atoms with E-state index in [1.54, 1.807) is 24.3 Å². The molecule has 0 spiro atoms. The van der Waals surface area contributed by atoms with E-state index in [1.165, 1.54) is 13.3 Å². The summed E-state index contributed by atoms with van der Waals surface area (Å²) in [5.74, 6) is -1.69. The molecule has 0 radical (unpaired) electrons. The first-order chi connectivity index (χ1) is 9.49. The number of hydrogen-bond donors (Lipinski definition) is 2. The Bertz CT molecular complexity index is 723. The lowest BCUT2D eigenvalue weighted by atomic mass is 10.2. The number of aliphatic carboxylic acids is 1. The van der Waals surface area contributed by atoms with E-state index in [1.807, 2.05) is 0 Å². The van der Waals surface area contributed by atoms with Crippen molar-refractivity contribution in [2.45, 2.75) is 19.5 Å². The van der Waals surface area contributed by atoms with E-state index in [2.05, 4.69) is 10.3 Å². The second kappa shape index (κ2) is 5.52. The molecule has 1 amide bonds. The molecule has 1 aromatic carbocycles. The molecule has 2 aromatic rings. The van der Waals surface area contributed by atoms with Gasteiger partial charge in [0, 0.05) is 0 Å². The molecule has 0 saturated heterocycles. The number of carboxylic acid groups (broad SMARTS) is 1. The maximum absolute atomic E-state index is 12.1. The van der Waals surface area contributed by atoms with Gasteiger partial charge in [0.1, 0.15) is 12.6 Å². The summed E-state index contributed by atoms with van der Waals surface area (Å²) in [6.07, 6.45) is 1.27. The SMILES string of the molecule is CC(NC(=O)Cn1cnc2ccccc2c1=O)C(=O)O. The Morgan fingerprint density at radius 3 is 2.80 bits per heavy atom. The average Bonchev–Trinajstić information content (AvgIpc) is 2.42. The molecule has 0 saturated carbocycles. The fourth-order valence-electron chi connectivity index (χ4n) is 1.72. The molecule has 2 N–H and O–H groups in total. The summed E-state index contributed by atoms with van der Waals surface area (Å²) >= 11 is 0. The molecule has 1 aromatic heterocycles. The minimum absolute atomic E-state index is 0.270. The van der Waals surface area contributed by atoms with Gasteiger partial charge in [-0.25, -0.2) is 4.98 Å². The van der Waals surface area contributed by atoms with Crippen LogP contribution in [0, 0.1) is 0 Å². The number of nitrogens with one attached hydrogen (secondary N) is 1. The zero-order chi connectivity index (χ0) is 14.7. The van der Waals surface area contributed by atoms with Crippen molar-refractivity contribution in [3.05, 3.63) is 40.9 Å². The largest absolute Gasteiger partial charge is 0.480 e. The van der Waals surface area contributed by atoms with Crippen molar-refractivity contribution < 1.29 is 14.7 Å². The molecule has 0 aliphatic carbocycles. The molecular weight excluding hydrogens is 262 g/mol. The molecule has 7 nitrogen and oxygen atoms in total. The Balaban J connectivity index is 2.22. The molecule has 1 atom stereocenters. The van der Waals surface area contributed by atoms with Crippen LogP contribution in [0.5, 0.6) is 0 Å². The normalized spacial score (nSPS) is 12.1. The zero-order valence-electron chi connectivity index (χ0n) is 10.7. The van der Waals surface area contributed by atoms with Crippen LogP contribution in [0.4, 0.5) is 0 Å². The van der Waals surface area contributed by atoms with Crippen LogP contribution in [0.25, 0.3) is 10.9 Å². The van der Waals surface area contributed by atoms with E-state index in [-0.39, 0.29) is 12.1 Å². The smallest absolute Gasteiger partial charge is 0.325 e. The maximum Gasteiger partial charge on any atom is 0.325 e. The van der Waals surface area contributed by atoms with Crippen LogP contribution in [0.2, 0.25) is 0 Å². The number of carbonyl (C=O) groups excluding carboxylic acids is 1. The number of benzene rings is 1. The topological polar surface area (TPSA) is 101 Å². The fourth-order valence-corrected chi connectivity index (χ4v) is 1.72. The van der Waals surface area contributed by atoms with Crippen LogP contribution >= 0.6 is 0 Å². The van der Waals surface area contributed by atoms with E-state index in [4.69, 9.17) is 5.11 Å². The van der Waals surface area contributed by atoms with Crippen molar-refractivity contribution in [1.29, 1.82) is 0 Å². The molecule has 0 aliphatic heterocycles. The Labute approximate surface area is 113 Å². The number of aromatic nitrogens is 2. The van der Waals surface area contributed by atoms with Gasteiger partial charge in [0.15, 0.2) is 0 Å². The number of hydrogen-bond acceptors (Lipinski definition) is 4. The molecule has 0 bridgehead atoms. The number of nitrogens with zero attached hydrogens (tertiary/aromatic N) is 2. The van der Waals surface area contributed by atoms with E-state index in [9.17, 15) is 14.4 Å². The standard InChI is InChI=1S/C13H13N3O4/c1-8(13(19)20)15-11(17)6-16-7-14-10-5-3-2-4-9(10)12(16)18/h2-5,7-8H,6H2,1H3,(H,15,17)(H,19,20). The van der Waals surface area contributed by atoms with Crippen molar-refractivity contribution in [3.8, 4) is 0 Å². The predicted molar refractivity (Wildman–Crippen MR) is 71.2 cm³/mol. The van der Waals surface area contributed by atoms with Gasteiger partial charge in [0.05, 0.1) is 17.2 Å². The van der Waals surface area contributed by atoms with E-state index in [0.717, 1.165) is 4.57 Å². The molecular formula is C13H13N3O4. The van der Waals surface area contributed by atoms with E-state index in [0.29, 0.717) is 10.9 Å². The Hall–Kier alpha value is -2.70. The number of rotatable bonds is 4. The maximum atomic E-state index is 12.1. The fraction of sp³-hybridized carbons (Fsp3) is 0.231. The molecule has 0 fully saturated rings. The number of carboxylic acids is 1. The molecule has 0 aliphatic rings. The molecule has 1 unspecified atom stereocenters. The van der Waals surface area contributed by atoms with Gasteiger partial charge in [-0.05, 0) is 19.1 Å². The highest BCUT2D eigenvalue weighted by Gasteiger charge is 2.15. The summed E-state index contributed by atoms with van der Waals surface area (Å²) in [4.78, 5) is 38.5. The van der Waals surface area contributed by atoms with Gasteiger partial charge in [-0.1, -0.05) is 12.1 Å². The lowest BCUT2D eigenvalue weighted by Crippen LogP contribution is -2.41. The van der Waals surface area contributed by atoms with Gasteiger partial charge in [-0.2, -0.15) is 0 Å². The quantitative estimate of drug-likeness (QED) is 0.817. The van der Waals surface area contributed by atoms with Crippen molar-refractivity contribution in [1.82, 2.24) is 14.9 Å². The third kappa shape index (κ3) is 2.82. The van der Waals surface area contributed by atoms with E-state index >= 15 is 0 Å². The molecule has 2 rings (SSSR count). The van der Waals surface area contributed by atoms with Crippen molar-refractivity contribution in [3.63, 3.8) is 0 Å². The highest BCUT2D eigenvalue weighted by Crippen LogP contribution is 2.04. The monoisotopic (exact) mass is 275 g/mol. The summed E-state index contributed by atoms with van der Waals surface area (Å²) in [7, 11) is 0. The summed E-state index contributed by atoms with van der Waals surface area (Å²) in [5.41, 5.74) is 0.210. The van der Waals surface area contributed by atoms with Crippen LogP contribution < -0.4 is 10.9 Å². The average molecular weight is 275 g/mol. The molecule has 1 heterocycles. The Morgan fingerprint density at radius 2 is 2.10 bits per heavy atom. The second-order valence-electron chi connectivity index (χ2n) is 4.32. The predicted octanol–water partition coefficient (Wildman–Crippen LogP) is -0.0142. The summed E-state index contributed by atoms with van der Waals surface area (Å²) < 4.78 is 1.15. The van der Waals surface area contributed by atoms with E-state index < -0.39 is 17.9 Å². The van der Waals surface area contributed by atoms with Crippen LogP contribution in [0.3, 0.4) is 0 Å². The summed E-state index contributed by atoms with van der Waals surface area (Å²) in [5, 5.41) is 11.4. The van der Waals surface area contributed by atoms with Gasteiger partial charge >= 0.3 is 5.97 Å². The summed E-state index contributed by atoms with van der Waals surface area (Å²) in [6.45, 7) is 1.08. The molecule has 7 heteroatoms. The van der Waals surface area contributed by atoms with Gasteiger partial charge in [-0.15, -0.1) is 0 Å². The first kappa shape index (κ1) is 13.7. The minimum Gasteiger partial charge on any atom is -0.480 e. The van der Waals surface area contributed by atoms with Gasteiger partial charge in [0.25, 0.3) is 5.56 Å². The van der Waals surface area contributed by atoms with Gasteiger partial charge in [-0.3, -0.25) is 19.0 Å².